The molecule has 0 spiro atoms. The van der Waals surface area contributed by atoms with Crippen LogP contribution >= 0.6 is 0 Å². The highest BCUT2D eigenvalue weighted by Crippen LogP contribution is 2.37. The second-order valence-electron chi connectivity index (χ2n) is 7.51. The molecule has 4 rings (SSSR count). The molecule has 3 aromatic rings. The van der Waals surface area contributed by atoms with Crippen molar-refractivity contribution in [3.05, 3.63) is 70.9 Å². The molecule has 0 bridgehead atoms. The molecule has 2 aromatic carbocycles. The number of hydrogen-bond acceptors (Lipinski definition) is 6. The summed E-state index contributed by atoms with van der Waals surface area (Å²) in [6, 6.07) is 14.4. The fourth-order valence-corrected chi connectivity index (χ4v) is 3.83. The molecule has 0 atom stereocenters. The molecule has 0 fully saturated rings. The Labute approximate surface area is 185 Å². The highest BCUT2D eigenvalue weighted by molar-refractivity contribution is 6.07. The maximum absolute atomic E-state index is 13.1. The van der Waals surface area contributed by atoms with E-state index < -0.39 is 5.97 Å². The summed E-state index contributed by atoms with van der Waals surface area (Å²) in [5.41, 5.74) is 4.72. The first-order valence-corrected chi connectivity index (χ1v) is 10.4. The molecule has 0 radical (unpaired) electrons. The highest BCUT2D eigenvalue weighted by Gasteiger charge is 2.27. The molecule has 0 saturated carbocycles. The van der Waals surface area contributed by atoms with E-state index in [0.29, 0.717) is 36.0 Å². The lowest BCUT2D eigenvalue weighted by Gasteiger charge is -2.12. The third-order valence-corrected chi connectivity index (χ3v) is 5.34. The van der Waals surface area contributed by atoms with Gasteiger partial charge in [-0.25, -0.2) is 9.78 Å². The van der Waals surface area contributed by atoms with Crippen molar-refractivity contribution in [1.29, 1.82) is 0 Å². The van der Waals surface area contributed by atoms with Crippen LogP contribution < -0.4 is 5.32 Å². The number of methoxy groups -OCH3 is 1. The molecule has 1 aliphatic rings. The zero-order valence-corrected chi connectivity index (χ0v) is 17.8. The Kier molecular flexibility index (Phi) is 6.47. The predicted molar refractivity (Wildman–Crippen MR) is 121 cm³/mol. The second kappa shape index (κ2) is 9.62. The van der Waals surface area contributed by atoms with E-state index in [1.54, 1.807) is 19.2 Å². The van der Waals surface area contributed by atoms with E-state index in [9.17, 15) is 14.7 Å². The molecule has 1 aliphatic carbocycles. The summed E-state index contributed by atoms with van der Waals surface area (Å²) in [5, 5.41) is 12.9. The number of aromatic hydroxyl groups is 1. The van der Waals surface area contributed by atoms with E-state index in [2.05, 4.69) is 5.32 Å². The molecule has 32 heavy (non-hydrogen) atoms. The summed E-state index contributed by atoms with van der Waals surface area (Å²) >= 11 is 0. The third kappa shape index (κ3) is 4.63. The van der Waals surface area contributed by atoms with Crippen LogP contribution in [0.3, 0.4) is 0 Å². The molecule has 1 amide bonds. The molecule has 7 nitrogen and oxygen atoms in total. The molecule has 7 heteroatoms. The van der Waals surface area contributed by atoms with Crippen LogP contribution in [0.4, 0.5) is 0 Å². The molecular formula is C25H24N2O5. The van der Waals surface area contributed by atoms with E-state index in [-0.39, 0.29) is 18.3 Å². The number of phenols is 1. The quantitative estimate of drug-likeness (QED) is 0.439. The van der Waals surface area contributed by atoms with Crippen molar-refractivity contribution in [1.82, 2.24) is 10.3 Å². The minimum absolute atomic E-state index is 0.208. The number of hydrogen-bond donors (Lipinski definition) is 2. The Hall–Kier alpha value is -3.71. The average molecular weight is 432 g/mol. The smallest absolute Gasteiger partial charge is 0.339 e. The molecule has 0 unspecified atom stereocenters. The normalized spacial score (nSPS) is 13.8. The Morgan fingerprint density at radius 2 is 1.91 bits per heavy atom. The number of ether oxygens (including phenoxy) is 2. The second-order valence-corrected chi connectivity index (χ2v) is 7.51. The Morgan fingerprint density at radius 1 is 1.12 bits per heavy atom. The summed E-state index contributed by atoms with van der Waals surface area (Å²) in [6.07, 6.45) is 3.41. The van der Waals surface area contributed by atoms with E-state index in [4.69, 9.17) is 14.5 Å². The van der Waals surface area contributed by atoms with Crippen LogP contribution in [-0.2, 0) is 20.7 Å². The van der Waals surface area contributed by atoms with Gasteiger partial charge in [-0.3, -0.25) is 4.79 Å². The Morgan fingerprint density at radius 3 is 2.69 bits per heavy atom. The predicted octanol–water partition coefficient (Wildman–Crippen LogP) is 3.35. The summed E-state index contributed by atoms with van der Waals surface area (Å²) in [7, 11) is 1.55. The lowest BCUT2D eigenvalue weighted by molar-refractivity contribution is -0.124. The van der Waals surface area contributed by atoms with Crippen molar-refractivity contribution in [2.24, 2.45) is 0 Å². The minimum Gasteiger partial charge on any atom is -0.508 e. The van der Waals surface area contributed by atoms with Gasteiger partial charge in [-0.15, -0.1) is 0 Å². The van der Waals surface area contributed by atoms with Crippen LogP contribution in [0, 0.1) is 0 Å². The first-order valence-electron chi connectivity index (χ1n) is 10.4. The van der Waals surface area contributed by atoms with Crippen LogP contribution in [0.2, 0.25) is 0 Å². The van der Waals surface area contributed by atoms with Crippen molar-refractivity contribution in [2.75, 3.05) is 26.9 Å². The molecule has 0 aliphatic heterocycles. The summed E-state index contributed by atoms with van der Waals surface area (Å²) < 4.78 is 10.3. The number of amides is 1. The van der Waals surface area contributed by atoms with Crippen molar-refractivity contribution < 1.29 is 24.2 Å². The minimum atomic E-state index is -0.535. The zero-order valence-electron chi connectivity index (χ0n) is 17.8. The number of benzene rings is 2. The third-order valence-electron chi connectivity index (χ3n) is 5.34. The zero-order chi connectivity index (χ0) is 22.5. The number of pyridine rings is 1. The number of para-hydroxylation sites is 1. The van der Waals surface area contributed by atoms with Gasteiger partial charge in [-0.2, -0.15) is 0 Å². The van der Waals surface area contributed by atoms with Crippen molar-refractivity contribution in [3.63, 3.8) is 0 Å². The van der Waals surface area contributed by atoms with Gasteiger partial charge < -0.3 is 19.9 Å². The number of nitrogens with zero attached hydrogens (tertiary/aromatic N) is 1. The Bertz CT molecular complexity index is 1180. The first-order chi connectivity index (χ1) is 15.6. The van der Waals surface area contributed by atoms with Gasteiger partial charge in [-0.1, -0.05) is 30.3 Å². The van der Waals surface area contributed by atoms with Crippen molar-refractivity contribution >= 4 is 34.4 Å². The molecule has 1 heterocycles. The summed E-state index contributed by atoms with van der Waals surface area (Å²) in [6.45, 7) is 0.383. The monoisotopic (exact) mass is 432 g/mol. The van der Waals surface area contributed by atoms with E-state index in [0.717, 1.165) is 28.8 Å². The van der Waals surface area contributed by atoms with Gasteiger partial charge in [0.2, 0.25) is 0 Å². The van der Waals surface area contributed by atoms with Gasteiger partial charge >= 0.3 is 5.97 Å². The largest absolute Gasteiger partial charge is 0.508 e. The molecular weight excluding hydrogens is 408 g/mol. The van der Waals surface area contributed by atoms with Gasteiger partial charge in [0.1, 0.15) is 5.75 Å². The van der Waals surface area contributed by atoms with E-state index in [1.807, 2.05) is 42.5 Å². The van der Waals surface area contributed by atoms with Crippen LogP contribution in [0.15, 0.2) is 48.5 Å². The molecule has 1 aromatic heterocycles. The fourth-order valence-electron chi connectivity index (χ4n) is 3.83. The number of aromatic nitrogens is 1. The van der Waals surface area contributed by atoms with Crippen LogP contribution in [0.1, 0.15) is 33.6 Å². The van der Waals surface area contributed by atoms with Crippen molar-refractivity contribution in [2.45, 2.75) is 12.8 Å². The van der Waals surface area contributed by atoms with E-state index >= 15 is 0 Å². The van der Waals surface area contributed by atoms with Gasteiger partial charge in [-0.05, 0) is 53.8 Å². The average Bonchev–Trinajstić information content (AvgIpc) is 3.19. The molecule has 0 saturated heterocycles. The number of nitrogens with one attached hydrogen (secondary N) is 1. The maximum atomic E-state index is 13.1. The number of carbonyl (C=O) groups excluding carboxylic acids is 2. The van der Waals surface area contributed by atoms with E-state index in [1.165, 1.54) is 0 Å². The first kappa shape index (κ1) is 21.5. The van der Waals surface area contributed by atoms with Crippen molar-refractivity contribution in [3.8, 4) is 5.75 Å². The number of phenolic OH excluding ortho intramolecular Hbond substituents is 1. The summed E-state index contributed by atoms with van der Waals surface area (Å²) in [5.74, 6) is -0.703. The van der Waals surface area contributed by atoms with Crippen LogP contribution in [0.25, 0.3) is 22.6 Å². The fraction of sp³-hybridized carbons (Fsp3) is 0.240. The molecule has 2 N–H and O–H groups in total. The highest BCUT2D eigenvalue weighted by atomic mass is 16.5. The number of rotatable bonds is 7. The summed E-state index contributed by atoms with van der Waals surface area (Å²) in [4.78, 5) is 29.8. The van der Waals surface area contributed by atoms with Gasteiger partial charge in [0.15, 0.2) is 6.61 Å². The number of fused-ring (bicyclic) bond motifs is 2. The number of esters is 1. The van der Waals surface area contributed by atoms with Crippen LogP contribution in [0.5, 0.6) is 5.75 Å². The number of allylic oxidation sites excluding steroid dienone is 1. The molecule has 164 valence electrons. The van der Waals surface area contributed by atoms with Crippen LogP contribution in [-0.4, -0.2) is 48.8 Å². The van der Waals surface area contributed by atoms with Gasteiger partial charge in [0.05, 0.1) is 23.4 Å². The maximum Gasteiger partial charge on any atom is 0.339 e. The van der Waals surface area contributed by atoms with Gasteiger partial charge in [0, 0.05) is 19.0 Å². The standard InChI is InChI=1S/C25H24N2O5/c1-31-13-12-26-22(29)15-32-25(30)23-19-4-2-3-5-21(19)27-24-17(8-11-20(23)24)14-16-6-9-18(28)10-7-16/h2-7,9-10,14,28H,8,11-13,15H2,1H3,(H,26,29)/b17-14-. The lowest BCUT2D eigenvalue weighted by Crippen LogP contribution is -2.31. The number of carbonyl (C=O) groups is 2. The Balaban J connectivity index is 1.65. The topological polar surface area (TPSA) is 97.8 Å². The lowest BCUT2D eigenvalue weighted by atomic mass is 10.0. The SMILES string of the molecule is COCCNC(=O)COC(=O)c1c2c(nc3ccccc13)/C(=C\c1ccc(O)cc1)CC2. The van der Waals surface area contributed by atoms with Gasteiger partial charge in [0.25, 0.3) is 5.91 Å².